The molecule has 0 atom stereocenters. The summed E-state index contributed by atoms with van der Waals surface area (Å²) in [6.07, 6.45) is 1.71. The summed E-state index contributed by atoms with van der Waals surface area (Å²) < 4.78 is 16.9. The average molecular weight is 323 g/mol. The Hall–Kier alpha value is -2.51. The highest BCUT2D eigenvalue weighted by atomic mass is 16.6. The molecule has 0 unspecified atom stereocenters. The predicted octanol–water partition coefficient (Wildman–Crippen LogP) is 2.07. The molecule has 1 aliphatic heterocycles. The van der Waals surface area contributed by atoms with Crippen LogP contribution >= 0.6 is 0 Å². The minimum absolute atomic E-state index is 0.269. The van der Waals surface area contributed by atoms with E-state index in [0.29, 0.717) is 18.7 Å². The molecule has 0 spiro atoms. The van der Waals surface area contributed by atoms with Crippen LogP contribution in [0, 0.1) is 0 Å². The largest absolute Gasteiger partial charge is 0.464 e. The zero-order chi connectivity index (χ0) is 17.2. The van der Waals surface area contributed by atoms with Crippen molar-refractivity contribution in [2.45, 2.75) is 32.8 Å². The van der Waals surface area contributed by atoms with E-state index in [1.54, 1.807) is 13.2 Å². The summed E-state index contributed by atoms with van der Waals surface area (Å²) in [7, 11) is 2.92. The standard InChI is InChI=1S/C15H21N3O5/c1-15(2,3)23-14(20)18-7-6-10(9-18)22-12-8-11(13(19)21-5)17(4)16-12/h8-9H,6-7H2,1-5H3. The lowest BCUT2D eigenvalue weighted by atomic mass is 10.2. The average Bonchev–Trinajstić information content (AvgIpc) is 3.03. The minimum atomic E-state index is -0.551. The van der Waals surface area contributed by atoms with Crippen LogP contribution in [0.15, 0.2) is 18.0 Å². The number of methoxy groups -OCH3 is 1. The highest BCUT2D eigenvalue weighted by molar-refractivity contribution is 5.87. The summed E-state index contributed by atoms with van der Waals surface area (Å²) >= 11 is 0. The summed E-state index contributed by atoms with van der Waals surface area (Å²) in [5.41, 5.74) is -0.268. The maximum atomic E-state index is 12.0. The zero-order valence-corrected chi connectivity index (χ0v) is 14.0. The van der Waals surface area contributed by atoms with Gasteiger partial charge in [0.2, 0.25) is 5.88 Å². The van der Waals surface area contributed by atoms with E-state index >= 15 is 0 Å². The Bertz CT molecular complexity index is 642. The van der Waals surface area contributed by atoms with Crippen molar-refractivity contribution in [1.29, 1.82) is 0 Å². The van der Waals surface area contributed by atoms with Crippen molar-refractivity contribution in [3.63, 3.8) is 0 Å². The molecule has 1 aromatic rings. The molecule has 0 fully saturated rings. The lowest BCUT2D eigenvalue weighted by Gasteiger charge is -2.22. The van der Waals surface area contributed by atoms with Crippen LogP contribution in [0.3, 0.4) is 0 Å². The van der Waals surface area contributed by atoms with E-state index in [-0.39, 0.29) is 11.6 Å². The Balaban J connectivity index is 2.03. The van der Waals surface area contributed by atoms with Gasteiger partial charge in [0.05, 0.1) is 7.11 Å². The van der Waals surface area contributed by atoms with Gasteiger partial charge < -0.3 is 14.2 Å². The number of aryl methyl sites for hydroxylation is 1. The molecule has 1 aromatic heterocycles. The van der Waals surface area contributed by atoms with Gasteiger partial charge in [0.25, 0.3) is 0 Å². The molecule has 0 bridgehead atoms. The number of esters is 1. The monoisotopic (exact) mass is 323 g/mol. The van der Waals surface area contributed by atoms with E-state index in [4.69, 9.17) is 9.47 Å². The second kappa shape index (κ2) is 6.31. The van der Waals surface area contributed by atoms with Crippen LogP contribution in [0.1, 0.15) is 37.7 Å². The smallest absolute Gasteiger partial charge is 0.414 e. The van der Waals surface area contributed by atoms with E-state index in [0.717, 1.165) is 0 Å². The number of hydrogen-bond acceptors (Lipinski definition) is 6. The Morgan fingerprint density at radius 3 is 2.61 bits per heavy atom. The van der Waals surface area contributed by atoms with E-state index in [9.17, 15) is 9.59 Å². The first-order valence-corrected chi connectivity index (χ1v) is 7.20. The Labute approximate surface area is 134 Å². The number of aromatic nitrogens is 2. The molecule has 8 heteroatoms. The topological polar surface area (TPSA) is 82.9 Å². The number of amides is 1. The molecular formula is C15H21N3O5. The van der Waals surface area contributed by atoms with Crippen molar-refractivity contribution in [2.75, 3.05) is 13.7 Å². The van der Waals surface area contributed by atoms with Gasteiger partial charge in [0.1, 0.15) is 17.1 Å². The van der Waals surface area contributed by atoms with Gasteiger partial charge in [0.15, 0.2) is 0 Å². The van der Waals surface area contributed by atoms with Gasteiger partial charge in [-0.1, -0.05) is 0 Å². The molecule has 1 aliphatic rings. The normalized spacial score (nSPS) is 14.5. The minimum Gasteiger partial charge on any atom is -0.464 e. The van der Waals surface area contributed by atoms with E-state index in [1.807, 2.05) is 20.8 Å². The van der Waals surface area contributed by atoms with Crippen molar-refractivity contribution in [1.82, 2.24) is 14.7 Å². The van der Waals surface area contributed by atoms with Crippen LogP contribution in [-0.2, 0) is 16.5 Å². The van der Waals surface area contributed by atoms with Gasteiger partial charge in [0, 0.05) is 32.3 Å². The highest BCUT2D eigenvalue weighted by Gasteiger charge is 2.26. The fourth-order valence-electron chi connectivity index (χ4n) is 2.00. The van der Waals surface area contributed by atoms with Crippen LogP contribution in [-0.4, -0.2) is 46.0 Å². The van der Waals surface area contributed by atoms with Crippen molar-refractivity contribution in [3.8, 4) is 5.88 Å². The number of carbonyl (C=O) groups excluding carboxylic acids is 2. The van der Waals surface area contributed by atoms with Gasteiger partial charge in [-0.2, -0.15) is 0 Å². The van der Waals surface area contributed by atoms with Gasteiger partial charge in [-0.05, 0) is 20.8 Å². The number of nitrogens with zero attached hydrogens (tertiary/aromatic N) is 3. The number of carbonyl (C=O) groups is 2. The van der Waals surface area contributed by atoms with E-state index in [2.05, 4.69) is 9.84 Å². The van der Waals surface area contributed by atoms with Gasteiger partial charge in [-0.3, -0.25) is 9.58 Å². The summed E-state index contributed by atoms with van der Waals surface area (Å²) in [5.74, 6) is 0.348. The third kappa shape index (κ3) is 4.24. The third-order valence-corrected chi connectivity index (χ3v) is 3.01. The van der Waals surface area contributed by atoms with Crippen LogP contribution in [0.2, 0.25) is 0 Å². The number of hydrogen-bond donors (Lipinski definition) is 0. The van der Waals surface area contributed by atoms with Crippen LogP contribution in [0.5, 0.6) is 5.88 Å². The Kier molecular flexibility index (Phi) is 4.63. The van der Waals surface area contributed by atoms with Gasteiger partial charge in [-0.15, -0.1) is 5.10 Å². The molecule has 0 aliphatic carbocycles. The first-order valence-electron chi connectivity index (χ1n) is 7.20. The summed E-state index contributed by atoms with van der Waals surface area (Å²) in [6, 6.07) is 1.49. The molecule has 23 heavy (non-hydrogen) atoms. The first-order chi connectivity index (χ1) is 10.7. The van der Waals surface area contributed by atoms with Crippen molar-refractivity contribution >= 4 is 12.1 Å². The summed E-state index contributed by atoms with van der Waals surface area (Å²) in [5, 5.41) is 4.09. The molecule has 2 rings (SSSR count). The fraction of sp³-hybridized carbons (Fsp3) is 0.533. The van der Waals surface area contributed by atoms with Crippen LogP contribution in [0.4, 0.5) is 4.79 Å². The second-order valence-electron chi connectivity index (χ2n) is 6.10. The van der Waals surface area contributed by atoms with Crippen LogP contribution < -0.4 is 4.74 Å². The lowest BCUT2D eigenvalue weighted by Crippen LogP contribution is -2.32. The van der Waals surface area contributed by atoms with Crippen molar-refractivity contribution < 1.29 is 23.8 Å². The molecule has 126 valence electrons. The maximum absolute atomic E-state index is 12.0. The highest BCUT2D eigenvalue weighted by Crippen LogP contribution is 2.22. The molecule has 0 N–H and O–H groups in total. The van der Waals surface area contributed by atoms with Gasteiger partial charge in [-0.25, -0.2) is 9.59 Å². The second-order valence-corrected chi connectivity index (χ2v) is 6.10. The fourth-order valence-corrected chi connectivity index (χ4v) is 2.00. The zero-order valence-electron chi connectivity index (χ0n) is 14.0. The van der Waals surface area contributed by atoms with Gasteiger partial charge >= 0.3 is 12.1 Å². The Morgan fingerprint density at radius 2 is 2.00 bits per heavy atom. The third-order valence-electron chi connectivity index (χ3n) is 3.01. The maximum Gasteiger partial charge on any atom is 0.414 e. The van der Waals surface area contributed by atoms with Crippen molar-refractivity contribution in [2.24, 2.45) is 7.05 Å². The Morgan fingerprint density at radius 1 is 1.30 bits per heavy atom. The first kappa shape index (κ1) is 16.9. The van der Waals surface area contributed by atoms with Crippen LogP contribution in [0.25, 0.3) is 0 Å². The van der Waals surface area contributed by atoms with E-state index in [1.165, 1.54) is 22.8 Å². The quantitative estimate of drug-likeness (QED) is 0.792. The molecule has 2 heterocycles. The summed E-state index contributed by atoms with van der Waals surface area (Å²) in [4.78, 5) is 25.0. The molecular weight excluding hydrogens is 302 g/mol. The SMILES string of the molecule is COC(=O)c1cc(OC2=CN(C(=O)OC(C)(C)C)CC2)nn1C. The van der Waals surface area contributed by atoms with Crippen molar-refractivity contribution in [3.05, 3.63) is 23.7 Å². The molecule has 0 aromatic carbocycles. The predicted molar refractivity (Wildman–Crippen MR) is 80.8 cm³/mol. The number of ether oxygens (including phenoxy) is 3. The molecule has 0 radical (unpaired) electrons. The number of rotatable bonds is 3. The molecule has 0 saturated carbocycles. The lowest BCUT2D eigenvalue weighted by molar-refractivity contribution is 0.0349. The molecule has 1 amide bonds. The van der Waals surface area contributed by atoms with E-state index < -0.39 is 17.7 Å². The molecule has 8 nitrogen and oxygen atoms in total. The molecule has 0 saturated heterocycles. The summed E-state index contributed by atoms with van der Waals surface area (Å²) in [6.45, 7) is 5.90.